The predicted octanol–water partition coefficient (Wildman–Crippen LogP) is 1.36. The zero-order valence-electron chi connectivity index (χ0n) is 12.6. The van der Waals surface area contributed by atoms with Crippen LogP contribution in [0.2, 0.25) is 0 Å². The number of hydrogen-bond acceptors (Lipinski definition) is 4. The minimum absolute atomic E-state index is 0.166. The molecular weight excluding hydrogens is 332 g/mol. The minimum atomic E-state index is -4.17. The van der Waals surface area contributed by atoms with E-state index in [4.69, 9.17) is 4.74 Å². The Bertz CT molecular complexity index is 709. The highest BCUT2D eigenvalue weighted by molar-refractivity contribution is 7.88. The van der Waals surface area contributed by atoms with Crippen molar-refractivity contribution < 1.29 is 31.8 Å². The average molecular weight is 349 g/mol. The minimum Gasteiger partial charge on any atom is -0.480 e. The largest absolute Gasteiger partial charge is 0.480 e. The van der Waals surface area contributed by atoms with Gasteiger partial charge in [0.25, 0.3) is 0 Å². The normalized spacial score (nSPS) is 26.2. The molecule has 1 aliphatic heterocycles. The molecular formula is C14H17F2NO5S. The maximum atomic E-state index is 13.7. The van der Waals surface area contributed by atoms with Gasteiger partial charge in [0.1, 0.15) is 6.04 Å². The van der Waals surface area contributed by atoms with Crippen LogP contribution in [0.1, 0.15) is 19.4 Å². The quantitative estimate of drug-likeness (QED) is 0.887. The van der Waals surface area contributed by atoms with Crippen LogP contribution in [-0.4, -0.2) is 48.6 Å². The molecule has 23 heavy (non-hydrogen) atoms. The van der Waals surface area contributed by atoms with Gasteiger partial charge in [0.05, 0.1) is 18.0 Å². The Balaban J connectivity index is 2.36. The van der Waals surface area contributed by atoms with Crippen molar-refractivity contribution in [2.24, 2.45) is 0 Å². The third-order valence-electron chi connectivity index (χ3n) is 3.62. The van der Waals surface area contributed by atoms with E-state index >= 15 is 0 Å². The lowest BCUT2D eigenvalue weighted by Crippen LogP contribution is -2.58. The molecule has 1 aromatic rings. The lowest BCUT2D eigenvalue weighted by atomic mass is 10.1. The van der Waals surface area contributed by atoms with Crippen molar-refractivity contribution in [2.45, 2.75) is 37.9 Å². The van der Waals surface area contributed by atoms with E-state index in [0.29, 0.717) is 0 Å². The molecule has 0 amide bonds. The first-order chi connectivity index (χ1) is 10.6. The maximum Gasteiger partial charge on any atom is 0.324 e. The molecule has 0 radical (unpaired) electrons. The lowest BCUT2D eigenvalue weighted by Gasteiger charge is -2.39. The molecule has 1 N–H and O–H groups in total. The Hall–Kier alpha value is -1.58. The Morgan fingerprint density at radius 1 is 1.39 bits per heavy atom. The van der Waals surface area contributed by atoms with Gasteiger partial charge >= 0.3 is 5.97 Å². The van der Waals surface area contributed by atoms with Gasteiger partial charge in [-0.15, -0.1) is 0 Å². The second-order valence-electron chi connectivity index (χ2n) is 5.47. The molecule has 0 saturated carbocycles. The number of carbonyl (C=O) groups is 1. The highest BCUT2D eigenvalue weighted by Crippen LogP contribution is 2.25. The summed E-state index contributed by atoms with van der Waals surface area (Å²) in [6.07, 6.45) is -1.36. The van der Waals surface area contributed by atoms with E-state index in [9.17, 15) is 27.1 Å². The zero-order chi connectivity index (χ0) is 17.4. The van der Waals surface area contributed by atoms with Crippen molar-refractivity contribution in [3.63, 3.8) is 0 Å². The number of carboxylic acids is 1. The molecule has 2 rings (SSSR count). The lowest BCUT2D eigenvalue weighted by molar-refractivity contribution is -0.155. The average Bonchev–Trinajstić information content (AvgIpc) is 2.42. The van der Waals surface area contributed by atoms with Gasteiger partial charge < -0.3 is 9.84 Å². The van der Waals surface area contributed by atoms with Crippen LogP contribution >= 0.6 is 0 Å². The summed E-state index contributed by atoms with van der Waals surface area (Å²) >= 11 is 0. The third kappa shape index (κ3) is 3.67. The molecule has 0 aromatic heterocycles. The molecule has 1 fully saturated rings. The molecule has 3 atom stereocenters. The van der Waals surface area contributed by atoms with Crippen LogP contribution in [0.5, 0.6) is 0 Å². The number of hydrogen-bond donors (Lipinski definition) is 1. The van der Waals surface area contributed by atoms with Crippen molar-refractivity contribution in [3.05, 3.63) is 35.4 Å². The fourth-order valence-corrected chi connectivity index (χ4v) is 4.46. The summed E-state index contributed by atoms with van der Waals surface area (Å²) in [5.41, 5.74) is -0.346. The summed E-state index contributed by atoms with van der Waals surface area (Å²) in [6, 6.07) is 1.82. The zero-order valence-corrected chi connectivity index (χ0v) is 13.4. The van der Waals surface area contributed by atoms with E-state index < -0.39 is 51.6 Å². The first-order valence-electron chi connectivity index (χ1n) is 6.94. The van der Waals surface area contributed by atoms with Crippen LogP contribution in [0.3, 0.4) is 0 Å². The maximum absolute atomic E-state index is 13.7. The van der Waals surface area contributed by atoms with Crippen LogP contribution in [0, 0.1) is 11.6 Å². The second-order valence-corrected chi connectivity index (χ2v) is 7.40. The van der Waals surface area contributed by atoms with E-state index in [1.165, 1.54) is 13.0 Å². The number of carboxylic acid groups (broad SMARTS) is 1. The van der Waals surface area contributed by atoms with Crippen LogP contribution in [0.25, 0.3) is 0 Å². The van der Waals surface area contributed by atoms with Crippen molar-refractivity contribution in [1.29, 1.82) is 0 Å². The summed E-state index contributed by atoms with van der Waals surface area (Å²) in [6.45, 7) is 2.90. The fraction of sp³-hybridized carbons (Fsp3) is 0.500. The fourth-order valence-electron chi connectivity index (χ4n) is 2.63. The van der Waals surface area contributed by atoms with Gasteiger partial charge in [0.2, 0.25) is 10.0 Å². The van der Waals surface area contributed by atoms with Gasteiger partial charge in [-0.3, -0.25) is 4.79 Å². The van der Waals surface area contributed by atoms with Crippen molar-refractivity contribution in [1.82, 2.24) is 4.31 Å². The van der Waals surface area contributed by atoms with E-state index in [2.05, 4.69) is 0 Å². The van der Waals surface area contributed by atoms with Crippen LogP contribution in [0.4, 0.5) is 8.78 Å². The summed E-state index contributed by atoms with van der Waals surface area (Å²) in [7, 11) is -4.17. The summed E-state index contributed by atoms with van der Waals surface area (Å²) < 4.78 is 58.2. The van der Waals surface area contributed by atoms with Crippen LogP contribution < -0.4 is 0 Å². The van der Waals surface area contributed by atoms with Gasteiger partial charge in [0.15, 0.2) is 11.6 Å². The van der Waals surface area contributed by atoms with E-state index in [1.807, 2.05) is 0 Å². The van der Waals surface area contributed by atoms with Crippen LogP contribution in [0.15, 0.2) is 18.2 Å². The van der Waals surface area contributed by atoms with E-state index in [0.717, 1.165) is 16.4 Å². The Morgan fingerprint density at radius 3 is 2.65 bits per heavy atom. The number of sulfonamides is 1. The smallest absolute Gasteiger partial charge is 0.324 e. The van der Waals surface area contributed by atoms with Crippen molar-refractivity contribution in [3.8, 4) is 0 Å². The number of rotatable bonds is 4. The Morgan fingerprint density at radius 2 is 2.04 bits per heavy atom. The molecule has 1 aromatic carbocycles. The van der Waals surface area contributed by atoms with E-state index in [-0.39, 0.29) is 12.1 Å². The highest BCUT2D eigenvalue weighted by atomic mass is 32.2. The standard InChI is InChI=1S/C14H17F2NO5S/c1-8-6-17(13(14(18)19)9(2)22-8)23(20,21)7-10-4-3-5-11(15)12(10)16/h3-5,8-9,13H,6-7H2,1-2H3,(H,18,19). The molecule has 9 heteroatoms. The number of benzene rings is 1. The number of ether oxygens (including phenoxy) is 1. The summed E-state index contributed by atoms with van der Waals surface area (Å²) in [4.78, 5) is 11.4. The number of nitrogens with zero attached hydrogens (tertiary/aromatic N) is 1. The number of aliphatic carboxylic acids is 1. The van der Waals surface area contributed by atoms with Gasteiger partial charge in [-0.2, -0.15) is 4.31 Å². The van der Waals surface area contributed by atoms with Gasteiger partial charge in [-0.25, -0.2) is 17.2 Å². The molecule has 1 aliphatic rings. The monoisotopic (exact) mass is 349 g/mol. The molecule has 0 aliphatic carbocycles. The van der Waals surface area contributed by atoms with Gasteiger partial charge in [-0.05, 0) is 19.9 Å². The molecule has 1 heterocycles. The molecule has 6 nitrogen and oxygen atoms in total. The summed E-state index contributed by atoms with van der Waals surface area (Å²) in [5, 5.41) is 9.27. The summed E-state index contributed by atoms with van der Waals surface area (Å²) in [5.74, 6) is -4.58. The highest BCUT2D eigenvalue weighted by Gasteiger charge is 2.44. The first-order valence-corrected chi connectivity index (χ1v) is 8.55. The number of halogens is 2. The topological polar surface area (TPSA) is 83.9 Å². The van der Waals surface area contributed by atoms with Crippen molar-refractivity contribution in [2.75, 3.05) is 6.54 Å². The number of morpholine rings is 1. The first kappa shape index (κ1) is 17.8. The Labute approximate surface area is 132 Å². The molecule has 128 valence electrons. The van der Waals surface area contributed by atoms with Gasteiger partial charge in [-0.1, -0.05) is 12.1 Å². The van der Waals surface area contributed by atoms with E-state index in [1.54, 1.807) is 6.92 Å². The predicted molar refractivity (Wildman–Crippen MR) is 77.1 cm³/mol. The van der Waals surface area contributed by atoms with Gasteiger partial charge in [0, 0.05) is 12.1 Å². The second kappa shape index (κ2) is 6.50. The van der Waals surface area contributed by atoms with Crippen LogP contribution in [-0.2, 0) is 25.3 Å². The van der Waals surface area contributed by atoms with Crippen molar-refractivity contribution >= 4 is 16.0 Å². The molecule has 1 saturated heterocycles. The SMILES string of the molecule is CC1CN(S(=O)(=O)Cc2cccc(F)c2F)C(C(=O)O)C(C)O1. The third-order valence-corrected chi connectivity index (χ3v) is 5.39. The molecule has 0 bridgehead atoms. The Kier molecular flexibility index (Phi) is 5.02. The molecule has 0 spiro atoms. The molecule has 3 unspecified atom stereocenters.